The molecule has 0 spiro atoms. The lowest BCUT2D eigenvalue weighted by Gasteiger charge is -2.01. The van der Waals surface area contributed by atoms with Crippen molar-refractivity contribution >= 4 is 11.9 Å². The summed E-state index contributed by atoms with van der Waals surface area (Å²) in [4.78, 5) is 20.9. The molecule has 0 aromatic heterocycles. The van der Waals surface area contributed by atoms with Gasteiger partial charge in [0.2, 0.25) is 0 Å². The van der Waals surface area contributed by atoms with Gasteiger partial charge in [-0.25, -0.2) is 9.59 Å². The first-order valence-corrected chi connectivity index (χ1v) is 7.09. The van der Waals surface area contributed by atoms with E-state index in [2.05, 4.69) is 20.4 Å². The number of hydrogen-bond acceptors (Lipinski definition) is 3. The van der Waals surface area contributed by atoms with Gasteiger partial charge in [-0.1, -0.05) is 45.8 Å². The molecule has 0 heterocycles. The molecule has 116 valence electrons. The minimum absolute atomic E-state index is 0.284. The Hall–Kier alpha value is -1.58. The second-order valence-electron chi connectivity index (χ2n) is 4.60. The van der Waals surface area contributed by atoms with Crippen LogP contribution in [0, 0.1) is 0 Å². The largest absolute Gasteiger partial charge is 0.478 e. The van der Waals surface area contributed by atoms with E-state index < -0.39 is 5.97 Å². The minimum atomic E-state index is -0.809. The molecule has 0 aliphatic carbocycles. The van der Waals surface area contributed by atoms with Crippen LogP contribution in [0.5, 0.6) is 0 Å². The third-order valence-corrected chi connectivity index (χ3v) is 2.43. The van der Waals surface area contributed by atoms with Crippen molar-refractivity contribution < 1.29 is 19.4 Å². The third-order valence-electron chi connectivity index (χ3n) is 2.43. The van der Waals surface area contributed by atoms with Crippen LogP contribution in [0.1, 0.15) is 59.8 Å². The van der Waals surface area contributed by atoms with Gasteiger partial charge >= 0.3 is 11.9 Å². The van der Waals surface area contributed by atoms with Gasteiger partial charge in [0.05, 0.1) is 6.61 Å². The summed E-state index contributed by atoms with van der Waals surface area (Å²) in [7, 11) is 0. The molecular formula is C16H28O4. The number of ether oxygens (including phenoxy) is 1. The predicted molar refractivity (Wildman–Crippen MR) is 81.6 cm³/mol. The lowest BCUT2D eigenvalue weighted by molar-refractivity contribution is -0.139. The Morgan fingerprint density at radius 3 is 2.10 bits per heavy atom. The number of esters is 1. The number of carboxylic acid groups (broad SMARTS) is 1. The number of rotatable bonds is 8. The van der Waals surface area contributed by atoms with Crippen LogP contribution >= 0.6 is 0 Å². The Labute approximate surface area is 122 Å². The fourth-order valence-corrected chi connectivity index (χ4v) is 1.04. The summed E-state index contributed by atoms with van der Waals surface area (Å²) < 4.78 is 4.81. The second-order valence-corrected chi connectivity index (χ2v) is 4.60. The van der Waals surface area contributed by atoms with Crippen LogP contribution in [-0.4, -0.2) is 23.7 Å². The average molecular weight is 284 g/mol. The van der Waals surface area contributed by atoms with E-state index in [0.29, 0.717) is 17.8 Å². The summed E-state index contributed by atoms with van der Waals surface area (Å²) in [6, 6.07) is 0. The van der Waals surface area contributed by atoms with Crippen molar-refractivity contribution in [2.75, 3.05) is 6.61 Å². The monoisotopic (exact) mass is 284 g/mol. The summed E-state index contributed by atoms with van der Waals surface area (Å²) in [6.45, 7) is 11.4. The molecular weight excluding hydrogens is 256 g/mol. The van der Waals surface area contributed by atoms with Gasteiger partial charge in [-0.2, -0.15) is 0 Å². The van der Waals surface area contributed by atoms with E-state index in [1.165, 1.54) is 0 Å². The molecule has 0 aliphatic rings. The van der Waals surface area contributed by atoms with E-state index >= 15 is 0 Å². The average Bonchev–Trinajstić information content (AvgIpc) is 2.39. The molecule has 0 aromatic rings. The van der Waals surface area contributed by atoms with E-state index in [1.54, 1.807) is 19.9 Å². The van der Waals surface area contributed by atoms with Crippen molar-refractivity contribution in [1.82, 2.24) is 0 Å². The van der Waals surface area contributed by atoms with Crippen molar-refractivity contribution in [3.63, 3.8) is 0 Å². The second kappa shape index (κ2) is 13.8. The van der Waals surface area contributed by atoms with E-state index in [1.807, 2.05) is 0 Å². The number of carboxylic acids is 1. The Morgan fingerprint density at radius 1 is 1.15 bits per heavy atom. The quantitative estimate of drug-likeness (QED) is 0.414. The van der Waals surface area contributed by atoms with E-state index in [4.69, 9.17) is 9.84 Å². The van der Waals surface area contributed by atoms with Gasteiger partial charge in [-0.05, 0) is 26.7 Å². The number of aliphatic carboxylic acids is 1. The Kier molecular flexibility index (Phi) is 14.3. The first kappa shape index (κ1) is 20.7. The highest BCUT2D eigenvalue weighted by atomic mass is 16.5. The summed E-state index contributed by atoms with van der Waals surface area (Å²) >= 11 is 0. The zero-order chi connectivity index (χ0) is 16.0. The molecule has 0 saturated heterocycles. The molecule has 0 saturated carbocycles. The first-order valence-electron chi connectivity index (χ1n) is 7.09. The van der Waals surface area contributed by atoms with Crippen LogP contribution in [0.4, 0.5) is 0 Å². The van der Waals surface area contributed by atoms with Crippen molar-refractivity contribution in [3.8, 4) is 0 Å². The Morgan fingerprint density at radius 2 is 1.70 bits per heavy atom. The van der Waals surface area contributed by atoms with Gasteiger partial charge in [0.15, 0.2) is 0 Å². The van der Waals surface area contributed by atoms with Crippen LogP contribution in [-0.2, 0) is 14.3 Å². The fraction of sp³-hybridized carbons (Fsp3) is 0.625. The highest BCUT2D eigenvalue weighted by Gasteiger charge is 2.00. The lowest BCUT2D eigenvalue weighted by Crippen LogP contribution is -2.05. The van der Waals surface area contributed by atoms with Crippen LogP contribution < -0.4 is 0 Å². The first-order chi connectivity index (χ1) is 9.36. The maximum Gasteiger partial charge on any atom is 0.333 e. The maximum absolute atomic E-state index is 10.7. The standard InChI is InChI=1S/2C8H14O2/c1-4-5-6-10-8(9)7(2)3;1-3-4-5-6-7(2)8(9)10/h2,4-6H2,1,3H3;6H,3-5H2,1-2H3,(H,9,10). The minimum Gasteiger partial charge on any atom is -0.478 e. The molecule has 4 nitrogen and oxygen atoms in total. The molecule has 4 heteroatoms. The van der Waals surface area contributed by atoms with Crippen LogP contribution in [0.3, 0.4) is 0 Å². The maximum atomic E-state index is 10.7. The van der Waals surface area contributed by atoms with E-state index in [-0.39, 0.29) is 5.97 Å². The molecule has 0 aromatic carbocycles. The van der Waals surface area contributed by atoms with Crippen molar-refractivity contribution in [2.45, 2.75) is 59.8 Å². The third kappa shape index (κ3) is 14.5. The molecule has 0 rings (SSSR count). The highest BCUT2D eigenvalue weighted by molar-refractivity contribution is 5.86. The smallest absolute Gasteiger partial charge is 0.333 e. The van der Waals surface area contributed by atoms with Crippen LogP contribution in [0.25, 0.3) is 0 Å². The van der Waals surface area contributed by atoms with Crippen LogP contribution in [0.2, 0.25) is 0 Å². The number of hydrogen-bond donors (Lipinski definition) is 1. The van der Waals surface area contributed by atoms with Crippen molar-refractivity contribution in [1.29, 1.82) is 0 Å². The van der Waals surface area contributed by atoms with E-state index in [0.717, 1.165) is 32.1 Å². The topological polar surface area (TPSA) is 63.6 Å². The number of allylic oxidation sites excluding steroid dienone is 1. The van der Waals surface area contributed by atoms with Gasteiger partial charge < -0.3 is 9.84 Å². The molecule has 0 fully saturated rings. The SMILES string of the molecule is C=C(C)C(=O)OCCCC.CCCCC=C(C)C(=O)O. The zero-order valence-electron chi connectivity index (χ0n) is 13.2. The van der Waals surface area contributed by atoms with Crippen LogP contribution in [0.15, 0.2) is 23.8 Å². The normalized spacial score (nSPS) is 10.3. The van der Waals surface area contributed by atoms with Gasteiger partial charge in [-0.15, -0.1) is 0 Å². The van der Waals surface area contributed by atoms with Gasteiger partial charge in [0, 0.05) is 11.1 Å². The summed E-state index contributed by atoms with van der Waals surface area (Å²) in [6.07, 6.45) is 6.82. The highest BCUT2D eigenvalue weighted by Crippen LogP contribution is 2.00. The summed E-state index contributed by atoms with van der Waals surface area (Å²) in [5.74, 6) is -1.09. The Balaban J connectivity index is 0. The van der Waals surface area contributed by atoms with Crippen molar-refractivity contribution in [3.05, 3.63) is 23.8 Å². The molecule has 0 aliphatic heterocycles. The molecule has 0 atom stereocenters. The number of carbonyl (C=O) groups is 2. The molecule has 1 N–H and O–H groups in total. The molecule has 0 bridgehead atoms. The van der Waals surface area contributed by atoms with Gasteiger partial charge in [0.25, 0.3) is 0 Å². The number of unbranched alkanes of at least 4 members (excludes halogenated alkanes) is 3. The molecule has 20 heavy (non-hydrogen) atoms. The molecule has 0 unspecified atom stereocenters. The zero-order valence-corrected chi connectivity index (χ0v) is 13.2. The molecule has 0 radical (unpaired) electrons. The van der Waals surface area contributed by atoms with Gasteiger partial charge in [-0.3, -0.25) is 0 Å². The van der Waals surface area contributed by atoms with E-state index in [9.17, 15) is 9.59 Å². The Bertz CT molecular complexity index is 329. The summed E-state index contributed by atoms with van der Waals surface area (Å²) in [5, 5.41) is 8.41. The van der Waals surface area contributed by atoms with Crippen molar-refractivity contribution in [2.24, 2.45) is 0 Å². The summed E-state index contributed by atoms with van der Waals surface area (Å²) in [5.41, 5.74) is 0.921. The lowest BCUT2D eigenvalue weighted by atomic mass is 10.2. The fourth-order valence-electron chi connectivity index (χ4n) is 1.04. The molecule has 0 amide bonds. The predicted octanol–water partition coefficient (Wildman–Crippen LogP) is 4.11. The number of carbonyl (C=O) groups excluding carboxylic acids is 1. The van der Waals surface area contributed by atoms with Gasteiger partial charge in [0.1, 0.15) is 0 Å².